The fourth-order valence-electron chi connectivity index (χ4n) is 4.66. The molecule has 6 heteroatoms. The maximum absolute atomic E-state index is 6.15. The third-order valence-electron chi connectivity index (χ3n) is 6.39. The average molecular weight is 451 g/mol. The van der Waals surface area contributed by atoms with Gasteiger partial charge in [0.2, 0.25) is 0 Å². The van der Waals surface area contributed by atoms with Gasteiger partial charge in [0, 0.05) is 56.7 Å². The van der Waals surface area contributed by atoms with Crippen molar-refractivity contribution in [2.45, 2.75) is 38.3 Å². The Morgan fingerprint density at radius 1 is 0.742 bits per heavy atom. The molecule has 158 valence electrons. The van der Waals surface area contributed by atoms with Gasteiger partial charge in [0.25, 0.3) is 0 Å². The van der Waals surface area contributed by atoms with E-state index in [0.29, 0.717) is 28.0 Å². The molecular formula is C25H24Cl2N4. The first-order chi connectivity index (χ1) is 15.1. The first kappa shape index (κ1) is 20.3. The van der Waals surface area contributed by atoms with Crippen LogP contribution in [-0.4, -0.2) is 22.1 Å². The summed E-state index contributed by atoms with van der Waals surface area (Å²) in [5, 5.41) is 11.2. The molecule has 1 aliphatic carbocycles. The lowest BCUT2D eigenvalue weighted by atomic mass is 9.81. The van der Waals surface area contributed by atoms with Crippen molar-refractivity contribution in [3.8, 4) is 0 Å². The summed E-state index contributed by atoms with van der Waals surface area (Å²) in [7, 11) is 0. The molecule has 1 saturated carbocycles. The van der Waals surface area contributed by atoms with Gasteiger partial charge in [-0.2, -0.15) is 0 Å². The van der Waals surface area contributed by atoms with Gasteiger partial charge in [0.15, 0.2) is 0 Å². The molecule has 0 amide bonds. The Balaban J connectivity index is 1.38. The number of rotatable bonds is 4. The van der Waals surface area contributed by atoms with Crippen LogP contribution in [0.1, 0.15) is 26.2 Å². The molecule has 1 aliphatic rings. The van der Waals surface area contributed by atoms with Gasteiger partial charge in [-0.05, 0) is 73.7 Å². The van der Waals surface area contributed by atoms with Gasteiger partial charge >= 0.3 is 0 Å². The van der Waals surface area contributed by atoms with Crippen molar-refractivity contribution in [2.24, 2.45) is 5.92 Å². The number of fused-ring (bicyclic) bond motifs is 2. The predicted molar refractivity (Wildman–Crippen MR) is 131 cm³/mol. The van der Waals surface area contributed by atoms with Gasteiger partial charge in [-0.3, -0.25) is 9.97 Å². The molecular weight excluding hydrogens is 427 g/mol. The minimum atomic E-state index is 0.370. The summed E-state index contributed by atoms with van der Waals surface area (Å²) in [6.45, 7) is 2.33. The summed E-state index contributed by atoms with van der Waals surface area (Å²) < 4.78 is 0. The lowest BCUT2D eigenvalue weighted by Crippen LogP contribution is -2.43. The highest BCUT2D eigenvalue weighted by atomic mass is 35.5. The number of benzene rings is 2. The molecule has 0 radical (unpaired) electrons. The van der Waals surface area contributed by atoms with Crippen LogP contribution >= 0.6 is 23.2 Å². The van der Waals surface area contributed by atoms with Crippen molar-refractivity contribution >= 4 is 56.4 Å². The van der Waals surface area contributed by atoms with Crippen molar-refractivity contribution in [3.63, 3.8) is 0 Å². The van der Waals surface area contributed by atoms with Crippen LogP contribution in [0.2, 0.25) is 10.0 Å². The molecule has 0 aliphatic heterocycles. The number of anilines is 2. The highest BCUT2D eigenvalue weighted by Gasteiger charge is 2.30. The third-order valence-corrected chi connectivity index (χ3v) is 6.86. The van der Waals surface area contributed by atoms with Crippen molar-refractivity contribution < 1.29 is 0 Å². The molecule has 0 saturated heterocycles. The summed E-state index contributed by atoms with van der Waals surface area (Å²) in [6.07, 6.45) is 7.15. The molecule has 31 heavy (non-hydrogen) atoms. The first-order valence-corrected chi connectivity index (χ1v) is 11.5. The summed E-state index contributed by atoms with van der Waals surface area (Å²) >= 11 is 12.3. The van der Waals surface area contributed by atoms with E-state index in [1.807, 2.05) is 48.8 Å². The van der Waals surface area contributed by atoms with Crippen LogP contribution in [0.25, 0.3) is 21.8 Å². The van der Waals surface area contributed by atoms with E-state index in [9.17, 15) is 0 Å². The van der Waals surface area contributed by atoms with E-state index < -0.39 is 0 Å². The van der Waals surface area contributed by atoms with E-state index >= 15 is 0 Å². The minimum Gasteiger partial charge on any atom is -0.381 e. The minimum absolute atomic E-state index is 0.370. The van der Waals surface area contributed by atoms with Crippen molar-refractivity contribution in [1.29, 1.82) is 0 Å². The number of pyridine rings is 2. The molecule has 1 fully saturated rings. The molecule has 1 unspecified atom stereocenters. The quantitative estimate of drug-likeness (QED) is 0.345. The molecule has 4 aromatic rings. The average Bonchev–Trinajstić information content (AvgIpc) is 2.76. The second-order valence-electron chi connectivity index (χ2n) is 8.33. The van der Waals surface area contributed by atoms with Crippen LogP contribution in [0, 0.1) is 5.92 Å². The van der Waals surface area contributed by atoms with Crippen molar-refractivity contribution in [3.05, 3.63) is 71.0 Å². The Kier molecular flexibility index (Phi) is 5.59. The van der Waals surface area contributed by atoms with Crippen LogP contribution < -0.4 is 10.6 Å². The van der Waals surface area contributed by atoms with Gasteiger partial charge < -0.3 is 10.6 Å². The fourth-order valence-corrected chi connectivity index (χ4v) is 5.00. The summed E-state index contributed by atoms with van der Waals surface area (Å²) in [5.41, 5.74) is 4.06. The Bertz CT molecular complexity index is 1150. The van der Waals surface area contributed by atoms with Crippen LogP contribution in [-0.2, 0) is 0 Å². The van der Waals surface area contributed by atoms with E-state index in [2.05, 4.69) is 39.7 Å². The van der Waals surface area contributed by atoms with Crippen LogP contribution in [0.15, 0.2) is 60.9 Å². The first-order valence-electron chi connectivity index (χ1n) is 10.7. The SMILES string of the molecule is CC1[C@@H](Nc2ccnc3cc(Cl)ccc23)CCC[C@H]1Nc1ccnc2cc(Cl)ccc12. The van der Waals surface area contributed by atoms with E-state index in [4.69, 9.17) is 23.2 Å². The standard InChI is InChI=1S/C25H24Cl2N4/c1-15-20(30-22-9-11-28-24-13-16(26)5-7-18(22)24)3-2-4-21(15)31-23-10-12-29-25-14-17(27)6-8-19(23)25/h5-15,20-21H,2-4H2,1H3,(H,28,30)(H,29,31)/t15?,20-,21+. The van der Waals surface area contributed by atoms with E-state index in [-0.39, 0.29) is 0 Å². The van der Waals surface area contributed by atoms with Crippen LogP contribution in [0.4, 0.5) is 11.4 Å². The maximum Gasteiger partial charge on any atom is 0.0737 e. The molecule has 3 atom stereocenters. The van der Waals surface area contributed by atoms with Crippen molar-refractivity contribution in [1.82, 2.24) is 9.97 Å². The van der Waals surface area contributed by atoms with E-state index in [1.165, 1.54) is 6.42 Å². The molecule has 4 nitrogen and oxygen atoms in total. The Morgan fingerprint density at radius 3 is 1.71 bits per heavy atom. The van der Waals surface area contributed by atoms with Gasteiger partial charge in [0.05, 0.1) is 11.0 Å². The number of aromatic nitrogens is 2. The summed E-state index contributed by atoms with van der Waals surface area (Å²) in [4.78, 5) is 8.94. The third kappa shape index (κ3) is 4.15. The normalized spacial score (nSPS) is 21.3. The second-order valence-corrected chi connectivity index (χ2v) is 9.20. The van der Waals surface area contributed by atoms with Gasteiger partial charge in [-0.25, -0.2) is 0 Å². The number of nitrogens with one attached hydrogen (secondary N) is 2. The molecule has 5 rings (SSSR count). The highest BCUT2D eigenvalue weighted by molar-refractivity contribution is 6.31. The number of nitrogens with zero attached hydrogens (tertiary/aromatic N) is 2. The lowest BCUT2D eigenvalue weighted by Gasteiger charge is -2.38. The molecule has 0 bridgehead atoms. The maximum atomic E-state index is 6.15. The highest BCUT2D eigenvalue weighted by Crippen LogP contribution is 2.33. The molecule has 2 N–H and O–H groups in total. The summed E-state index contributed by atoms with van der Waals surface area (Å²) in [5.74, 6) is 0.444. The molecule has 2 aromatic carbocycles. The van der Waals surface area contributed by atoms with Crippen LogP contribution in [0.3, 0.4) is 0 Å². The fraction of sp³-hybridized carbons (Fsp3) is 0.280. The van der Waals surface area contributed by atoms with Gasteiger partial charge in [-0.15, -0.1) is 0 Å². The largest absolute Gasteiger partial charge is 0.381 e. The monoisotopic (exact) mass is 450 g/mol. The number of hydrogen-bond donors (Lipinski definition) is 2. The molecule has 2 aromatic heterocycles. The second kappa shape index (κ2) is 8.52. The summed E-state index contributed by atoms with van der Waals surface area (Å²) in [6, 6.07) is 16.6. The number of halogens is 2. The molecule has 2 heterocycles. The Hall–Kier alpha value is -2.56. The van der Waals surface area contributed by atoms with Gasteiger partial charge in [0.1, 0.15) is 0 Å². The zero-order chi connectivity index (χ0) is 21.4. The van der Waals surface area contributed by atoms with Crippen LogP contribution in [0.5, 0.6) is 0 Å². The number of hydrogen-bond acceptors (Lipinski definition) is 4. The zero-order valence-electron chi connectivity index (χ0n) is 17.3. The van der Waals surface area contributed by atoms with Gasteiger partial charge in [-0.1, -0.05) is 30.1 Å². The lowest BCUT2D eigenvalue weighted by molar-refractivity contribution is 0.319. The topological polar surface area (TPSA) is 49.8 Å². The smallest absolute Gasteiger partial charge is 0.0737 e. The van der Waals surface area contributed by atoms with E-state index in [0.717, 1.165) is 46.0 Å². The zero-order valence-corrected chi connectivity index (χ0v) is 18.8. The van der Waals surface area contributed by atoms with E-state index in [1.54, 1.807) is 0 Å². The molecule has 0 spiro atoms. The predicted octanol–water partition coefficient (Wildman–Crippen LogP) is 7.17. The Labute approximate surface area is 192 Å². The Morgan fingerprint density at radius 2 is 1.23 bits per heavy atom. The van der Waals surface area contributed by atoms with Crippen molar-refractivity contribution in [2.75, 3.05) is 10.6 Å².